The fraction of sp³-hybridized carbons (Fsp3) is 0.533. The van der Waals surface area contributed by atoms with Gasteiger partial charge in [0.25, 0.3) is 0 Å². The van der Waals surface area contributed by atoms with Crippen molar-refractivity contribution in [2.24, 2.45) is 5.92 Å². The highest BCUT2D eigenvalue weighted by atomic mass is 127. The molecule has 2 aliphatic rings. The first kappa shape index (κ1) is 14.3. The Morgan fingerprint density at radius 3 is 2.85 bits per heavy atom. The number of carbonyl (C=O) groups excluding carboxylic acids is 1. The number of fused-ring (bicyclic) bond motifs is 1. The number of hydrogen-bond donors (Lipinski definition) is 3. The normalized spacial score (nSPS) is 33.4. The third-order valence-corrected chi connectivity index (χ3v) is 5.27. The first-order chi connectivity index (χ1) is 9.72. The van der Waals surface area contributed by atoms with Crippen LogP contribution in [-0.2, 0) is 11.3 Å². The van der Waals surface area contributed by atoms with Gasteiger partial charge in [0.1, 0.15) is 6.29 Å². The van der Waals surface area contributed by atoms with Gasteiger partial charge in [-0.1, -0.05) is 52.9 Å². The van der Waals surface area contributed by atoms with Crippen molar-refractivity contribution in [2.45, 2.75) is 42.1 Å². The van der Waals surface area contributed by atoms with Crippen LogP contribution in [0.15, 0.2) is 30.3 Å². The van der Waals surface area contributed by atoms with Crippen molar-refractivity contribution in [1.29, 1.82) is 0 Å². The van der Waals surface area contributed by atoms with Gasteiger partial charge in [-0.3, -0.25) is 15.4 Å². The zero-order chi connectivity index (χ0) is 13.9. The number of carbonyl (C=O) groups is 1. The highest BCUT2D eigenvalue weighted by Crippen LogP contribution is 2.31. The molecular weight excluding hydrogens is 365 g/mol. The maximum Gasteiger partial charge on any atom is 0.226 e. The van der Waals surface area contributed by atoms with Crippen molar-refractivity contribution in [3.63, 3.8) is 0 Å². The first-order valence-electron chi connectivity index (χ1n) is 7.20. The summed E-state index contributed by atoms with van der Waals surface area (Å²) < 4.78 is 0.634. The summed E-state index contributed by atoms with van der Waals surface area (Å²) in [5.74, 6) is 0.334. The van der Waals surface area contributed by atoms with Crippen LogP contribution in [0.5, 0.6) is 0 Å². The molecule has 20 heavy (non-hydrogen) atoms. The van der Waals surface area contributed by atoms with Crippen molar-refractivity contribution >= 4 is 28.5 Å². The van der Waals surface area contributed by atoms with Gasteiger partial charge in [-0.2, -0.15) is 0 Å². The minimum absolute atomic E-state index is 0.116. The van der Waals surface area contributed by atoms with Gasteiger partial charge in [0.2, 0.25) is 5.91 Å². The van der Waals surface area contributed by atoms with Crippen LogP contribution in [0.4, 0.5) is 0 Å². The van der Waals surface area contributed by atoms with E-state index in [0.29, 0.717) is 9.97 Å². The second-order valence-electron chi connectivity index (χ2n) is 5.60. The van der Waals surface area contributed by atoms with E-state index in [4.69, 9.17) is 0 Å². The third kappa shape index (κ3) is 3.32. The number of alkyl halides is 1. The highest BCUT2D eigenvalue weighted by molar-refractivity contribution is 14.1. The molecule has 2 fully saturated rings. The SMILES string of the molecule is O=C1NC(NCc2ccccc2)NC2CCC(I)CC12. The van der Waals surface area contributed by atoms with Crippen molar-refractivity contribution in [1.82, 2.24) is 16.0 Å². The maximum atomic E-state index is 12.2. The molecule has 4 atom stereocenters. The van der Waals surface area contributed by atoms with Gasteiger partial charge in [-0.05, 0) is 24.8 Å². The Balaban J connectivity index is 1.56. The summed E-state index contributed by atoms with van der Waals surface area (Å²) in [5.41, 5.74) is 1.22. The molecule has 1 saturated carbocycles. The van der Waals surface area contributed by atoms with Gasteiger partial charge in [-0.25, -0.2) is 0 Å². The number of benzene rings is 1. The van der Waals surface area contributed by atoms with E-state index in [-0.39, 0.29) is 18.1 Å². The fourth-order valence-electron chi connectivity index (χ4n) is 3.04. The molecule has 0 bridgehead atoms. The lowest BCUT2D eigenvalue weighted by Gasteiger charge is -2.41. The molecule has 1 saturated heterocycles. The molecule has 1 aliphatic carbocycles. The Bertz CT molecular complexity index is 467. The van der Waals surface area contributed by atoms with E-state index < -0.39 is 0 Å². The van der Waals surface area contributed by atoms with Crippen LogP contribution in [0.25, 0.3) is 0 Å². The Kier molecular flexibility index (Phi) is 4.58. The van der Waals surface area contributed by atoms with Gasteiger partial charge in [0.15, 0.2) is 0 Å². The molecule has 5 heteroatoms. The Labute approximate surface area is 133 Å². The second-order valence-corrected chi connectivity index (χ2v) is 7.36. The smallest absolute Gasteiger partial charge is 0.226 e. The molecule has 108 valence electrons. The molecule has 1 aromatic carbocycles. The summed E-state index contributed by atoms with van der Waals surface area (Å²) in [5, 5.41) is 9.94. The van der Waals surface area contributed by atoms with Crippen molar-refractivity contribution in [3.8, 4) is 0 Å². The van der Waals surface area contributed by atoms with Gasteiger partial charge < -0.3 is 5.32 Å². The second kappa shape index (κ2) is 6.41. The third-order valence-electron chi connectivity index (χ3n) is 4.14. The molecular formula is C15H20IN3O. The highest BCUT2D eigenvalue weighted by Gasteiger charge is 2.39. The molecule has 4 unspecified atom stereocenters. The molecule has 1 aliphatic heterocycles. The van der Waals surface area contributed by atoms with Gasteiger partial charge >= 0.3 is 0 Å². The van der Waals surface area contributed by atoms with Crippen LogP contribution in [0.3, 0.4) is 0 Å². The topological polar surface area (TPSA) is 53.2 Å². The zero-order valence-corrected chi connectivity index (χ0v) is 13.5. The van der Waals surface area contributed by atoms with Crippen LogP contribution < -0.4 is 16.0 Å². The van der Waals surface area contributed by atoms with Gasteiger partial charge in [0.05, 0.1) is 5.92 Å². The standard InChI is InChI=1S/C15H20IN3O/c16-11-6-7-13-12(8-11)14(20)19-15(18-13)17-9-10-4-2-1-3-5-10/h1-5,11-13,15,17-18H,6-9H2,(H,19,20). The summed E-state index contributed by atoms with van der Waals surface area (Å²) in [6.07, 6.45) is 3.17. The summed E-state index contributed by atoms with van der Waals surface area (Å²) in [6, 6.07) is 10.6. The Hall–Kier alpha value is -0.660. The van der Waals surface area contributed by atoms with Crippen LogP contribution in [0.1, 0.15) is 24.8 Å². The number of nitrogens with one attached hydrogen (secondary N) is 3. The molecule has 1 heterocycles. The molecule has 1 aromatic rings. The van der Waals surface area contributed by atoms with Crippen molar-refractivity contribution < 1.29 is 4.79 Å². The zero-order valence-electron chi connectivity index (χ0n) is 11.3. The fourth-order valence-corrected chi connectivity index (χ4v) is 3.95. The molecule has 0 spiro atoms. The lowest BCUT2D eigenvalue weighted by molar-refractivity contribution is -0.131. The van der Waals surface area contributed by atoms with Crippen LogP contribution in [-0.4, -0.2) is 22.2 Å². The molecule has 3 N–H and O–H groups in total. The lowest BCUT2D eigenvalue weighted by atomic mass is 9.82. The predicted octanol–water partition coefficient (Wildman–Crippen LogP) is 1.75. The minimum atomic E-state index is -0.116. The summed E-state index contributed by atoms with van der Waals surface area (Å²) >= 11 is 2.46. The summed E-state index contributed by atoms with van der Waals surface area (Å²) in [6.45, 7) is 0.755. The van der Waals surface area contributed by atoms with Crippen LogP contribution in [0.2, 0.25) is 0 Å². The first-order valence-corrected chi connectivity index (χ1v) is 8.45. The average molecular weight is 385 g/mol. The average Bonchev–Trinajstić information content (AvgIpc) is 2.47. The monoisotopic (exact) mass is 385 g/mol. The lowest BCUT2D eigenvalue weighted by Crippen LogP contribution is -2.67. The van der Waals surface area contributed by atoms with Crippen molar-refractivity contribution in [3.05, 3.63) is 35.9 Å². The van der Waals surface area contributed by atoms with E-state index in [9.17, 15) is 4.79 Å². The van der Waals surface area contributed by atoms with E-state index in [1.807, 2.05) is 18.2 Å². The molecule has 0 radical (unpaired) electrons. The Morgan fingerprint density at radius 2 is 2.05 bits per heavy atom. The summed E-state index contributed by atoms with van der Waals surface area (Å²) in [7, 11) is 0. The van der Waals surface area contributed by atoms with Crippen LogP contribution in [0, 0.1) is 5.92 Å². The number of rotatable bonds is 3. The maximum absolute atomic E-state index is 12.2. The Morgan fingerprint density at radius 1 is 1.25 bits per heavy atom. The molecule has 0 aromatic heterocycles. The minimum Gasteiger partial charge on any atom is -0.328 e. The number of hydrogen-bond acceptors (Lipinski definition) is 3. The molecule has 3 rings (SSSR count). The van der Waals surface area contributed by atoms with E-state index in [1.54, 1.807) is 0 Å². The van der Waals surface area contributed by atoms with E-state index in [0.717, 1.165) is 19.4 Å². The van der Waals surface area contributed by atoms with Crippen LogP contribution >= 0.6 is 22.6 Å². The molecule has 1 amide bonds. The van der Waals surface area contributed by atoms with E-state index in [1.165, 1.54) is 12.0 Å². The largest absolute Gasteiger partial charge is 0.328 e. The summed E-state index contributed by atoms with van der Waals surface area (Å²) in [4.78, 5) is 12.2. The number of amides is 1. The quantitative estimate of drug-likeness (QED) is 0.549. The van der Waals surface area contributed by atoms with Crippen molar-refractivity contribution in [2.75, 3.05) is 0 Å². The van der Waals surface area contributed by atoms with Gasteiger partial charge in [0, 0.05) is 16.5 Å². The van der Waals surface area contributed by atoms with Gasteiger partial charge in [-0.15, -0.1) is 0 Å². The number of halogens is 1. The van der Waals surface area contributed by atoms with E-state index in [2.05, 4.69) is 50.7 Å². The van der Waals surface area contributed by atoms with E-state index >= 15 is 0 Å². The molecule has 4 nitrogen and oxygen atoms in total. The predicted molar refractivity (Wildman–Crippen MR) is 87.3 cm³/mol.